The smallest absolute Gasteiger partial charge is 0.208 e. The maximum atomic E-state index is 12.9. The van der Waals surface area contributed by atoms with Gasteiger partial charge in [-0.3, -0.25) is 4.79 Å². The maximum absolute atomic E-state index is 12.9. The van der Waals surface area contributed by atoms with Crippen LogP contribution in [0.3, 0.4) is 0 Å². The van der Waals surface area contributed by atoms with E-state index in [-0.39, 0.29) is 44.9 Å². The lowest BCUT2D eigenvalue weighted by atomic mass is 10.1. The third kappa shape index (κ3) is 1.96. The zero-order chi connectivity index (χ0) is 17.6. The highest BCUT2D eigenvalue weighted by Gasteiger charge is 2.24. The van der Waals surface area contributed by atoms with Crippen molar-refractivity contribution in [3.8, 4) is 34.5 Å². The number of aromatic hydroxyl groups is 3. The van der Waals surface area contributed by atoms with Crippen molar-refractivity contribution < 1.29 is 33.9 Å². The summed E-state index contributed by atoms with van der Waals surface area (Å²) in [5.41, 5.74) is -0.696. The van der Waals surface area contributed by atoms with Crippen LogP contribution in [-0.2, 0) is 0 Å². The molecule has 0 unspecified atom stereocenters. The summed E-state index contributed by atoms with van der Waals surface area (Å²) in [5.74, 6) is -1.56. The second kappa shape index (κ2) is 5.41. The average molecular weight is 334 g/mol. The summed E-state index contributed by atoms with van der Waals surface area (Å²) < 4.78 is 20.7. The SMILES string of the molecule is COc1c(O)cc2oc3cc(O)c(OC)c(OC)c3c(=O)c2c1O. The second-order valence-electron chi connectivity index (χ2n) is 4.92. The van der Waals surface area contributed by atoms with Crippen LogP contribution in [0.4, 0.5) is 0 Å². The van der Waals surface area contributed by atoms with E-state index in [2.05, 4.69) is 0 Å². The van der Waals surface area contributed by atoms with Crippen LogP contribution in [0.1, 0.15) is 0 Å². The van der Waals surface area contributed by atoms with E-state index < -0.39 is 16.9 Å². The lowest BCUT2D eigenvalue weighted by Crippen LogP contribution is -2.06. The molecule has 24 heavy (non-hydrogen) atoms. The molecule has 0 aliphatic rings. The summed E-state index contributed by atoms with van der Waals surface area (Å²) >= 11 is 0. The molecule has 0 atom stereocenters. The number of hydrogen-bond donors (Lipinski definition) is 3. The number of rotatable bonds is 3. The topological polar surface area (TPSA) is 119 Å². The molecule has 126 valence electrons. The zero-order valence-corrected chi connectivity index (χ0v) is 13.0. The Labute approximate surface area is 135 Å². The second-order valence-corrected chi connectivity index (χ2v) is 4.92. The molecule has 3 aromatic rings. The molecule has 0 amide bonds. The van der Waals surface area contributed by atoms with Gasteiger partial charge in [-0.2, -0.15) is 0 Å². The Kier molecular flexibility index (Phi) is 3.52. The van der Waals surface area contributed by atoms with E-state index in [0.717, 1.165) is 6.07 Å². The molecule has 0 radical (unpaired) electrons. The molecule has 0 saturated heterocycles. The van der Waals surface area contributed by atoms with Crippen molar-refractivity contribution in [1.29, 1.82) is 0 Å². The number of phenols is 3. The number of phenolic OH excluding ortho intramolecular Hbond substituents is 3. The Morgan fingerprint density at radius 2 is 1.29 bits per heavy atom. The van der Waals surface area contributed by atoms with Gasteiger partial charge in [0.15, 0.2) is 23.0 Å². The van der Waals surface area contributed by atoms with E-state index in [1.807, 2.05) is 0 Å². The minimum atomic E-state index is -0.628. The molecule has 0 aliphatic heterocycles. The van der Waals surface area contributed by atoms with Gasteiger partial charge in [0.2, 0.25) is 16.9 Å². The molecule has 0 spiro atoms. The van der Waals surface area contributed by atoms with Crippen LogP contribution in [0.25, 0.3) is 21.9 Å². The molecule has 8 heteroatoms. The van der Waals surface area contributed by atoms with Gasteiger partial charge in [-0.15, -0.1) is 0 Å². The fraction of sp³-hybridized carbons (Fsp3) is 0.188. The monoisotopic (exact) mass is 334 g/mol. The third-order valence-electron chi connectivity index (χ3n) is 3.67. The van der Waals surface area contributed by atoms with Gasteiger partial charge in [0.05, 0.1) is 21.3 Å². The molecule has 3 rings (SSSR count). The lowest BCUT2D eigenvalue weighted by molar-refractivity contribution is 0.335. The van der Waals surface area contributed by atoms with E-state index in [1.54, 1.807) is 0 Å². The van der Waals surface area contributed by atoms with Gasteiger partial charge in [0, 0.05) is 12.1 Å². The van der Waals surface area contributed by atoms with Crippen LogP contribution in [0.15, 0.2) is 21.3 Å². The van der Waals surface area contributed by atoms with Crippen LogP contribution in [0, 0.1) is 0 Å². The Balaban J connectivity index is 2.60. The fourth-order valence-electron chi connectivity index (χ4n) is 2.65. The quantitative estimate of drug-likeness (QED) is 0.623. The predicted octanol–water partition coefficient (Wildman–Crippen LogP) is 2.09. The van der Waals surface area contributed by atoms with Crippen LogP contribution in [-0.4, -0.2) is 36.6 Å². The van der Waals surface area contributed by atoms with Crippen molar-refractivity contribution in [3.05, 3.63) is 22.4 Å². The molecule has 1 aromatic heterocycles. The average Bonchev–Trinajstić information content (AvgIpc) is 2.53. The summed E-state index contributed by atoms with van der Waals surface area (Å²) in [5, 5.41) is 29.9. The van der Waals surface area contributed by atoms with Crippen molar-refractivity contribution in [3.63, 3.8) is 0 Å². The van der Waals surface area contributed by atoms with Gasteiger partial charge in [-0.05, 0) is 0 Å². The lowest BCUT2D eigenvalue weighted by Gasteiger charge is -2.13. The van der Waals surface area contributed by atoms with Gasteiger partial charge < -0.3 is 33.9 Å². The van der Waals surface area contributed by atoms with Crippen molar-refractivity contribution in [2.75, 3.05) is 21.3 Å². The standard InChI is InChI=1S/C16H14O8/c1-21-14-6(17)4-8-10(13(14)20)12(19)11-9(24-8)5-7(18)15(22-2)16(11)23-3/h4-5,17-18,20H,1-3H3. The summed E-state index contributed by atoms with van der Waals surface area (Å²) in [7, 11) is 3.85. The first-order valence-electron chi connectivity index (χ1n) is 6.78. The molecular formula is C16H14O8. The van der Waals surface area contributed by atoms with Gasteiger partial charge in [-0.25, -0.2) is 0 Å². The predicted molar refractivity (Wildman–Crippen MR) is 84.6 cm³/mol. The van der Waals surface area contributed by atoms with E-state index >= 15 is 0 Å². The van der Waals surface area contributed by atoms with Crippen molar-refractivity contribution in [2.45, 2.75) is 0 Å². The third-order valence-corrected chi connectivity index (χ3v) is 3.67. The Hall–Kier alpha value is -3.29. The highest BCUT2D eigenvalue weighted by atomic mass is 16.5. The molecule has 8 nitrogen and oxygen atoms in total. The summed E-state index contributed by atoms with van der Waals surface area (Å²) in [4.78, 5) is 12.9. The number of hydrogen-bond acceptors (Lipinski definition) is 8. The summed E-state index contributed by atoms with van der Waals surface area (Å²) in [6.07, 6.45) is 0. The minimum absolute atomic E-state index is 0.00613. The normalized spacial score (nSPS) is 11.0. The van der Waals surface area contributed by atoms with Crippen molar-refractivity contribution >= 4 is 21.9 Å². The molecule has 0 fully saturated rings. The molecule has 3 N–H and O–H groups in total. The fourth-order valence-corrected chi connectivity index (χ4v) is 2.65. The summed E-state index contributed by atoms with van der Waals surface area (Å²) in [6, 6.07) is 2.33. The van der Waals surface area contributed by atoms with Gasteiger partial charge in [0.25, 0.3) is 0 Å². The first-order valence-corrected chi connectivity index (χ1v) is 6.78. The number of methoxy groups -OCH3 is 3. The molecule has 0 bridgehead atoms. The highest BCUT2D eigenvalue weighted by Crippen LogP contribution is 2.45. The minimum Gasteiger partial charge on any atom is -0.504 e. The van der Waals surface area contributed by atoms with Crippen LogP contribution >= 0.6 is 0 Å². The summed E-state index contributed by atoms with van der Waals surface area (Å²) in [6.45, 7) is 0. The Morgan fingerprint density at radius 3 is 1.83 bits per heavy atom. The van der Waals surface area contributed by atoms with Crippen molar-refractivity contribution in [2.24, 2.45) is 0 Å². The number of benzene rings is 2. The molecule has 0 aliphatic carbocycles. The van der Waals surface area contributed by atoms with E-state index in [0.29, 0.717) is 0 Å². The zero-order valence-electron chi connectivity index (χ0n) is 13.0. The van der Waals surface area contributed by atoms with Gasteiger partial charge in [-0.1, -0.05) is 0 Å². The van der Waals surface area contributed by atoms with Gasteiger partial charge in [0.1, 0.15) is 21.9 Å². The van der Waals surface area contributed by atoms with Crippen molar-refractivity contribution in [1.82, 2.24) is 0 Å². The van der Waals surface area contributed by atoms with E-state index in [9.17, 15) is 20.1 Å². The number of fused-ring (bicyclic) bond motifs is 2. The highest BCUT2D eigenvalue weighted by molar-refractivity contribution is 5.99. The van der Waals surface area contributed by atoms with Crippen LogP contribution in [0.5, 0.6) is 34.5 Å². The number of ether oxygens (including phenoxy) is 3. The Morgan fingerprint density at radius 1 is 0.792 bits per heavy atom. The first-order chi connectivity index (χ1) is 11.4. The van der Waals surface area contributed by atoms with Crippen LogP contribution in [0.2, 0.25) is 0 Å². The maximum Gasteiger partial charge on any atom is 0.208 e. The molecule has 1 heterocycles. The molecular weight excluding hydrogens is 320 g/mol. The molecule has 0 saturated carbocycles. The van der Waals surface area contributed by atoms with Crippen LogP contribution < -0.4 is 19.6 Å². The Bertz CT molecular complexity index is 1020. The van der Waals surface area contributed by atoms with Gasteiger partial charge >= 0.3 is 0 Å². The molecule has 2 aromatic carbocycles. The van der Waals surface area contributed by atoms with E-state index in [1.165, 1.54) is 27.4 Å². The largest absolute Gasteiger partial charge is 0.504 e. The van der Waals surface area contributed by atoms with E-state index in [4.69, 9.17) is 18.6 Å². The first kappa shape index (κ1) is 15.6.